The first-order valence-corrected chi connectivity index (χ1v) is 9.52. The van der Waals surface area contributed by atoms with Crippen molar-refractivity contribution in [3.8, 4) is 12.1 Å². The van der Waals surface area contributed by atoms with E-state index in [0.29, 0.717) is 28.2 Å². The van der Waals surface area contributed by atoms with Gasteiger partial charge in [-0.15, -0.1) is 24.0 Å². The van der Waals surface area contributed by atoms with Crippen molar-refractivity contribution in [3.63, 3.8) is 0 Å². The number of aromatic amines is 1. The molecule has 0 aliphatic carbocycles. The third kappa shape index (κ3) is 8.86. The summed E-state index contributed by atoms with van der Waals surface area (Å²) >= 11 is 5.72. The van der Waals surface area contributed by atoms with Crippen LogP contribution < -0.4 is 16.2 Å². The van der Waals surface area contributed by atoms with E-state index < -0.39 is 0 Å². The summed E-state index contributed by atoms with van der Waals surface area (Å²) in [4.78, 5) is 25.5. The minimum atomic E-state index is -0.217. The number of H-pyrrole nitrogens is 1. The first-order valence-electron chi connectivity index (χ1n) is 9.14. The SMILES string of the molecule is C.I.N#Cc1ccc(Nc2nccc(=O)[nH]2)cc1.N#Cc1ccc(Nc2nccc(Cl)n2)cc1. The minimum absolute atomic E-state index is 0. The maximum Gasteiger partial charge on any atom is 0.252 e. The number of nitrogens with zero attached hydrogens (tertiary/aromatic N) is 5. The van der Waals surface area contributed by atoms with Gasteiger partial charge in [0.2, 0.25) is 11.9 Å². The molecular weight excluding hydrogens is 567 g/mol. The molecule has 0 amide bonds. The first kappa shape index (κ1) is 28.0. The molecule has 0 aliphatic rings. The van der Waals surface area contributed by atoms with Gasteiger partial charge in [-0.25, -0.2) is 15.0 Å². The molecule has 2 aromatic heterocycles. The highest BCUT2D eigenvalue weighted by Crippen LogP contribution is 2.15. The number of hydrogen-bond acceptors (Lipinski definition) is 8. The summed E-state index contributed by atoms with van der Waals surface area (Å²) in [5, 5.41) is 23.5. The van der Waals surface area contributed by atoms with Crippen LogP contribution in [0, 0.1) is 22.7 Å². The van der Waals surface area contributed by atoms with Crippen LogP contribution in [0.4, 0.5) is 23.3 Å². The van der Waals surface area contributed by atoms with Crippen LogP contribution in [-0.4, -0.2) is 19.9 Å². The van der Waals surface area contributed by atoms with Gasteiger partial charge in [0.25, 0.3) is 5.56 Å². The Labute approximate surface area is 218 Å². The average molecular weight is 587 g/mol. The van der Waals surface area contributed by atoms with Gasteiger partial charge >= 0.3 is 0 Å². The Balaban J connectivity index is 0.000000321. The van der Waals surface area contributed by atoms with Crippen molar-refractivity contribution in [2.24, 2.45) is 0 Å². The molecule has 34 heavy (non-hydrogen) atoms. The lowest BCUT2D eigenvalue weighted by Gasteiger charge is -2.03. The molecule has 3 N–H and O–H groups in total. The standard InChI is InChI=1S/C11H7ClN4.C11H8N4O.CH4.HI/c12-10-5-6-14-11(16-10)15-9-3-1-8(7-13)2-4-9;12-7-8-1-3-9(4-2-8)14-11-13-6-5-10(16)15-11;;/h1-6H,(H,14,15,16);1-6H,(H2,13,14,15,16);1H4;1H. The number of nitriles is 2. The zero-order valence-corrected chi connectivity index (χ0v) is 19.9. The van der Waals surface area contributed by atoms with Crippen molar-refractivity contribution in [2.45, 2.75) is 7.43 Å². The van der Waals surface area contributed by atoms with Crippen LogP contribution in [-0.2, 0) is 0 Å². The second kappa shape index (κ2) is 14.2. The van der Waals surface area contributed by atoms with Crippen LogP contribution in [0.25, 0.3) is 0 Å². The molecule has 4 rings (SSSR count). The smallest absolute Gasteiger partial charge is 0.252 e. The molecule has 0 aliphatic heterocycles. The molecule has 0 saturated heterocycles. The normalized spacial score (nSPS) is 8.91. The average Bonchev–Trinajstić information content (AvgIpc) is 2.81. The summed E-state index contributed by atoms with van der Waals surface area (Å²) in [5.41, 5.74) is 2.54. The summed E-state index contributed by atoms with van der Waals surface area (Å²) in [6.07, 6.45) is 2.99. The van der Waals surface area contributed by atoms with E-state index >= 15 is 0 Å². The summed E-state index contributed by atoms with van der Waals surface area (Å²) < 4.78 is 0. The van der Waals surface area contributed by atoms with Gasteiger partial charge in [-0.1, -0.05) is 19.0 Å². The first-order chi connectivity index (χ1) is 15.6. The van der Waals surface area contributed by atoms with Crippen molar-refractivity contribution in [2.75, 3.05) is 10.6 Å². The fourth-order valence-corrected chi connectivity index (χ4v) is 2.49. The van der Waals surface area contributed by atoms with Gasteiger partial charge in [-0.3, -0.25) is 9.78 Å². The predicted molar refractivity (Wildman–Crippen MR) is 143 cm³/mol. The molecule has 0 atom stereocenters. The Kier molecular flexibility index (Phi) is 11.7. The van der Waals surface area contributed by atoms with Gasteiger partial charge in [-0.05, 0) is 54.6 Å². The molecule has 172 valence electrons. The van der Waals surface area contributed by atoms with Crippen molar-refractivity contribution >= 4 is 58.8 Å². The van der Waals surface area contributed by atoms with E-state index in [1.807, 2.05) is 12.1 Å². The van der Waals surface area contributed by atoms with Crippen LogP contribution in [0.1, 0.15) is 18.6 Å². The highest BCUT2D eigenvalue weighted by atomic mass is 127. The quantitative estimate of drug-likeness (QED) is 0.213. The Morgan fingerprint density at radius 1 is 0.794 bits per heavy atom. The molecular formula is C23H20ClIN8O. The van der Waals surface area contributed by atoms with Crippen LogP contribution in [0.5, 0.6) is 0 Å². The summed E-state index contributed by atoms with van der Waals surface area (Å²) in [6, 6.07) is 20.9. The van der Waals surface area contributed by atoms with Crippen molar-refractivity contribution in [3.05, 3.63) is 99.7 Å². The highest BCUT2D eigenvalue weighted by Gasteiger charge is 1.99. The molecule has 0 bridgehead atoms. The Morgan fingerprint density at radius 2 is 1.32 bits per heavy atom. The molecule has 0 unspecified atom stereocenters. The maximum atomic E-state index is 11.0. The van der Waals surface area contributed by atoms with E-state index in [-0.39, 0.29) is 37.0 Å². The minimum Gasteiger partial charge on any atom is -0.326 e. The van der Waals surface area contributed by atoms with Gasteiger partial charge in [-0.2, -0.15) is 10.5 Å². The molecule has 11 heteroatoms. The van der Waals surface area contributed by atoms with Gasteiger partial charge < -0.3 is 10.6 Å². The molecule has 0 spiro atoms. The third-order valence-electron chi connectivity index (χ3n) is 3.84. The zero-order chi connectivity index (χ0) is 22.8. The Morgan fingerprint density at radius 3 is 1.82 bits per heavy atom. The fourth-order valence-electron chi connectivity index (χ4n) is 2.35. The van der Waals surface area contributed by atoms with Gasteiger partial charge in [0.15, 0.2) is 0 Å². The number of hydrogen-bond donors (Lipinski definition) is 3. The van der Waals surface area contributed by atoms with E-state index in [4.69, 9.17) is 22.1 Å². The van der Waals surface area contributed by atoms with Crippen LogP contribution >= 0.6 is 35.6 Å². The lowest BCUT2D eigenvalue weighted by molar-refractivity contribution is 1.12. The van der Waals surface area contributed by atoms with Gasteiger partial charge in [0.05, 0.1) is 23.3 Å². The third-order valence-corrected chi connectivity index (χ3v) is 4.05. The van der Waals surface area contributed by atoms with Crippen LogP contribution in [0.15, 0.2) is 77.9 Å². The van der Waals surface area contributed by atoms with E-state index in [0.717, 1.165) is 11.4 Å². The van der Waals surface area contributed by atoms with E-state index in [2.05, 4.69) is 30.6 Å². The van der Waals surface area contributed by atoms with Gasteiger partial charge in [0.1, 0.15) is 5.15 Å². The molecule has 9 nitrogen and oxygen atoms in total. The van der Waals surface area contributed by atoms with Crippen molar-refractivity contribution < 1.29 is 0 Å². The topological polar surface area (TPSA) is 143 Å². The van der Waals surface area contributed by atoms with Crippen LogP contribution in [0.2, 0.25) is 5.15 Å². The number of halogens is 2. The second-order valence-electron chi connectivity index (χ2n) is 6.11. The monoisotopic (exact) mass is 586 g/mol. The van der Waals surface area contributed by atoms with Gasteiger partial charge in [0, 0.05) is 29.8 Å². The number of anilines is 4. The summed E-state index contributed by atoms with van der Waals surface area (Å²) in [6.45, 7) is 0. The summed E-state index contributed by atoms with van der Waals surface area (Å²) in [7, 11) is 0. The predicted octanol–water partition coefficient (Wildman–Crippen LogP) is 5.38. The lowest BCUT2D eigenvalue weighted by Crippen LogP contribution is -2.08. The molecule has 4 aromatic rings. The van der Waals surface area contributed by atoms with Crippen molar-refractivity contribution in [1.29, 1.82) is 10.5 Å². The number of aromatic nitrogens is 4. The zero-order valence-electron chi connectivity index (χ0n) is 16.9. The molecule has 0 radical (unpaired) electrons. The van der Waals surface area contributed by atoms with E-state index in [1.54, 1.807) is 60.8 Å². The maximum absolute atomic E-state index is 11.0. The van der Waals surface area contributed by atoms with Crippen molar-refractivity contribution in [1.82, 2.24) is 19.9 Å². The largest absolute Gasteiger partial charge is 0.326 e. The molecule has 0 fully saturated rings. The van der Waals surface area contributed by atoms with E-state index in [1.165, 1.54) is 12.3 Å². The molecule has 2 aromatic carbocycles. The number of benzene rings is 2. The van der Waals surface area contributed by atoms with Crippen LogP contribution in [0.3, 0.4) is 0 Å². The Bertz CT molecular complexity index is 1330. The second-order valence-corrected chi connectivity index (χ2v) is 6.50. The lowest BCUT2D eigenvalue weighted by atomic mass is 10.2. The molecule has 2 heterocycles. The highest BCUT2D eigenvalue weighted by molar-refractivity contribution is 14.0. The number of nitrogens with one attached hydrogen (secondary N) is 3. The molecule has 0 saturated carbocycles. The Hall–Kier alpha value is -4.00. The van der Waals surface area contributed by atoms with E-state index in [9.17, 15) is 4.79 Å². The summed E-state index contributed by atoms with van der Waals surface area (Å²) in [5.74, 6) is 0.800. The number of rotatable bonds is 4. The fraction of sp³-hybridized carbons (Fsp3) is 0.0435.